The Kier molecular flexibility index (Phi) is 6.46. The third-order valence-electron chi connectivity index (χ3n) is 5.91. The second-order valence-electron chi connectivity index (χ2n) is 8.77. The van der Waals surface area contributed by atoms with Crippen LogP contribution >= 0.6 is 11.6 Å². The molecule has 1 aromatic carbocycles. The van der Waals surface area contributed by atoms with Crippen LogP contribution in [0.3, 0.4) is 0 Å². The SMILES string of the molecule is CC/C=C(/NC(C1CC1)C(C)(F)F)c1cn(-c2c(F)cc(F)cc2Cl)c2nc(C)ccc2c1=N. The lowest BCUT2D eigenvalue weighted by Crippen LogP contribution is -2.44. The molecule has 3 aromatic rings. The van der Waals surface area contributed by atoms with Gasteiger partial charge in [0.05, 0.1) is 16.4 Å². The van der Waals surface area contributed by atoms with Crippen LogP contribution in [-0.4, -0.2) is 21.5 Å². The standard InChI is InChI=1S/C25H25ClF4N4/c1-4-5-20(33-23(14-7-8-14)25(3,29)30)17-12-34(22-18(26)10-15(27)11-19(22)28)24-16(21(17)31)9-6-13(2)32-24/h5-6,9-12,14,23,31,33H,4,7-8H2,1-3H3/b20-5+,31-21?. The van der Waals surface area contributed by atoms with Gasteiger partial charge in [-0.25, -0.2) is 22.5 Å². The molecule has 2 aromatic heterocycles. The zero-order valence-corrected chi connectivity index (χ0v) is 19.8. The van der Waals surface area contributed by atoms with Crippen molar-refractivity contribution in [3.8, 4) is 5.69 Å². The van der Waals surface area contributed by atoms with Gasteiger partial charge in [-0.3, -0.25) is 9.98 Å². The van der Waals surface area contributed by atoms with Gasteiger partial charge in [0, 0.05) is 41.5 Å². The van der Waals surface area contributed by atoms with Gasteiger partial charge in [0.2, 0.25) is 0 Å². The van der Waals surface area contributed by atoms with Crippen molar-refractivity contribution in [2.75, 3.05) is 0 Å². The smallest absolute Gasteiger partial charge is 0.265 e. The fourth-order valence-electron chi connectivity index (χ4n) is 4.17. The van der Waals surface area contributed by atoms with Crippen molar-refractivity contribution < 1.29 is 17.6 Å². The molecular weight excluding hydrogens is 468 g/mol. The molecule has 0 saturated heterocycles. The number of benzene rings is 1. The summed E-state index contributed by atoms with van der Waals surface area (Å²) in [5.41, 5.74) is 1.36. The van der Waals surface area contributed by atoms with E-state index in [-0.39, 0.29) is 33.2 Å². The summed E-state index contributed by atoms with van der Waals surface area (Å²) >= 11 is 6.23. The van der Waals surface area contributed by atoms with Gasteiger partial charge in [-0.2, -0.15) is 0 Å². The van der Waals surface area contributed by atoms with Crippen molar-refractivity contribution in [3.63, 3.8) is 0 Å². The molecule has 2 heterocycles. The lowest BCUT2D eigenvalue weighted by Gasteiger charge is -2.28. The average molecular weight is 493 g/mol. The topological polar surface area (TPSA) is 53.7 Å². The molecule has 0 amide bonds. The Bertz CT molecular complexity index is 1320. The van der Waals surface area contributed by atoms with Gasteiger partial charge in [-0.15, -0.1) is 0 Å². The van der Waals surface area contributed by atoms with Gasteiger partial charge in [-0.05, 0) is 50.3 Å². The van der Waals surface area contributed by atoms with E-state index in [0.29, 0.717) is 42.1 Å². The van der Waals surface area contributed by atoms with Crippen LogP contribution in [0.2, 0.25) is 5.02 Å². The van der Waals surface area contributed by atoms with Crippen molar-refractivity contribution >= 4 is 28.3 Å². The van der Waals surface area contributed by atoms with Gasteiger partial charge >= 0.3 is 0 Å². The first kappa shape index (κ1) is 24.3. The van der Waals surface area contributed by atoms with E-state index in [1.165, 1.54) is 10.8 Å². The fourth-order valence-corrected chi connectivity index (χ4v) is 4.45. The van der Waals surface area contributed by atoms with Crippen LogP contribution in [0.4, 0.5) is 17.6 Å². The number of pyridine rings is 2. The third kappa shape index (κ3) is 4.69. The van der Waals surface area contributed by atoms with Crippen molar-refractivity contribution in [2.45, 2.75) is 52.0 Å². The van der Waals surface area contributed by atoms with E-state index >= 15 is 0 Å². The zero-order chi connectivity index (χ0) is 24.8. The van der Waals surface area contributed by atoms with Crippen LogP contribution in [0.5, 0.6) is 0 Å². The highest BCUT2D eigenvalue weighted by molar-refractivity contribution is 6.32. The predicted molar refractivity (Wildman–Crippen MR) is 125 cm³/mol. The van der Waals surface area contributed by atoms with Gasteiger partial charge in [0.1, 0.15) is 17.2 Å². The number of hydrogen-bond donors (Lipinski definition) is 2. The van der Waals surface area contributed by atoms with Crippen molar-refractivity contribution in [1.29, 1.82) is 5.41 Å². The van der Waals surface area contributed by atoms with Crippen molar-refractivity contribution in [2.24, 2.45) is 5.92 Å². The van der Waals surface area contributed by atoms with Gasteiger partial charge in [-0.1, -0.05) is 24.6 Å². The van der Waals surface area contributed by atoms with Crippen molar-refractivity contribution in [3.05, 3.63) is 69.8 Å². The summed E-state index contributed by atoms with van der Waals surface area (Å²) in [6.07, 6.45) is 5.10. The van der Waals surface area contributed by atoms with E-state index in [9.17, 15) is 17.6 Å². The first-order valence-electron chi connectivity index (χ1n) is 11.1. The maximum atomic E-state index is 14.9. The summed E-state index contributed by atoms with van der Waals surface area (Å²) in [6, 6.07) is 3.99. The second kappa shape index (κ2) is 9.06. The number of nitrogens with zero attached hydrogens (tertiary/aromatic N) is 2. The fraction of sp³-hybridized carbons (Fsp3) is 0.360. The molecule has 1 aliphatic carbocycles. The number of rotatable bonds is 7. The number of halogens is 5. The number of aromatic nitrogens is 2. The Hall–Kier alpha value is -2.87. The van der Waals surface area contributed by atoms with E-state index < -0.39 is 23.6 Å². The Morgan fingerprint density at radius 1 is 1.32 bits per heavy atom. The number of nitrogens with one attached hydrogen (secondary N) is 2. The summed E-state index contributed by atoms with van der Waals surface area (Å²) in [5.74, 6) is -4.89. The molecular formula is C25H25ClF4N4. The molecule has 1 atom stereocenters. The summed E-state index contributed by atoms with van der Waals surface area (Å²) in [6.45, 7) is 4.49. The van der Waals surface area contributed by atoms with E-state index in [1.807, 2.05) is 6.92 Å². The monoisotopic (exact) mass is 492 g/mol. The molecule has 1 saturated carbocycles. The summed E-state index contributed by atoms with van der Waals surface area (Å²) in [7, 11) is 0. The molecule has 0 bridgehead atoms. The highest BCUT2D eigenvalue weighted by Gasteiger charge is 2.45. The van der Waals surface area contributed by atoms with Crippen LogP contribution in [0.1, 0.15) is 44.4 Å². The summed E-state index contributed by atoms with van der Waals surface area (Å²) in [5, 5.41) is 12.1. The predicted octanol–water partition coefficient (Wildman–Crippen LogP) is 6.52. The largest absolute Gasteiger partial charge is 0.376 e. The van der Waals surface area contributed by atoms with Crippen LogP contribution in [0, 0.1) is 29.9 Å². The molecule has 9 heteroatoms. The molecule has 1 unspecified atom stereocenters. The van der Waals surface area contributed by atoms with E-state index in [0.717, 1.165) is 13.0 Å². The quantitative estimate of drug-likeness (QED) is 0.369. The van der Waals surface area contributed by atoms with Crippen LogP contribution < -0.4 is 10.7 Å². The van der Waals surface area contributed by atoms with Crippen LogP contribution in [0.15, 0.2) is 36.5 Å². The minimum Gasteiger partial charge on any atom is -0.376 e. The Morgan fingerprint density at radius 2 is 2.03 bits per heavy atom. The number of allylic oxidation sites excluding steroid dienone is 1. The third-order valence-corrected chi connectivity index (χ3v) is 6.20. The Morgan fingerprint density at radius 3 is 2.62 bits per heavy atom. The van der Waals surface area contributed by atoms with Gasteiger partial charge in [0.15, 0.2) is 5.82 Å². The molecule has 0 aliphatic heterocycles. The number of fused-ring (bicyclic) bond motifs is 1. The van der Waals surface area contributed by atoms with Gasteiger partial charge < -0.3 is 5.32 Å². The normalized spacial score (nSPS) is 15.6. The molecule has 0 spiro atoms. The lowest BCUT2D eigenvalue weighted by atomic mass is 10.0. The average Bonchev–Trinajstić information content (AvgIpc) is 3.56. The highest BCUT2D eigenvalue weighted by Crippen LogP contribution is 2.40. The van der Waals surface area contributed by atoms with Crippen LogP contribution in [-0.2, 0) is 0 Å². The maximum Gasteiger partial charge on any atom is 0.265 e. The number of alkyl halides is 2. The minimum atomic E-state index is -2.98. The molecule has 34 heavy (non-hydrogen) atoms. The van der Waals surface area contributed by atoms with Gasteiger partial charge in [0.25, 0.3) is 5.92 Å². The molecule has 0 radical (unpaired) electrons. The zero-order valence-electron chi connectivity index (χ0n) is 19.0. The van der Waals surface area contributed by atoms with Crippen molar-refractivity contribution in [1.82, 2.24) is 14.9 Å². The molecule has 1 aliphatic rings. The van der Waals surface area contributed by atoms with E-state index in [1.54, 1.807) is 25.1 Å². The molecule has 2 N–H and O–H groups in total. The lowest BCUT2D eigenvalue weighted by molar-refractivity contribution is -0.0202. The summed E-state index contributed by atoms with van der Waals surface area (Å²) < 4.78 is 58.9. The molecule has 4 rings (SSSR count). The van der Waals surface area contributed by atoms with E-state index in [4.69, 9.17) is 17.0 Å². The Labute approximate surface area is 199 Å². The molecule has 180 valence electrons. The van der Waals surface area contributed by atoms with E-state index in [2.05, 4.69) is 10.3 Å². The minimum absolute atomic E-state index is 0.0542. The maximum absolute atomic E-state index is 14.9. The second-order valence-corrected chi connectivity index (χ2v) is 9.18. The first-order chi connectivity index (χ1) is 16.0. The first-order valence-corrected chi connectivity index (χ1v) is 11.5. The number of hydrogen-bond acceptors (Lipinski definition) is 3. The van der Waals surface area contributed by atoms with Crippen LogP contribution in [0.25, 0.3) is 22.4 Å². The summed E-state index contributed by atoms with van der Waals surface area (Å²) in [4.78, 5) is 4.47. The number of aryl methyl sites for hydroxylation is 1. The molecule has 1 fully saturated rings. The highest BCUT2D eigenvalue weighted by atomic mass is 35.5. The molecule has 4 nitrogen and oxygen atoms in total. The Balaban J connectivity index is 1.98.